The van der Waals surface area contributed by atoms with Gasteiger partial charge in [-0.2, -0.15) is 0 Å². The molecule has 0 aliphatic carbocycles. The third-order valence-corrected chi connectivity index (χ3v) is 2.73. The van der Waals surface area contributed by atoms with E-state index >= 15 is 0 Å². The Morgan fingerprint density at radius 1 is 1.37 bits per heavy atom. The first-order chi connectivity index (χ1) is 9.20. The number of phenolic OH excluding ortho intramolecular Hbond substituents is 1. The van der Waals surface area contributed by atoms with E-state index in [0.717, 1.165) is 11.1 Å². The lowest BCUT2D eigenvalue weighted by atomic mass is 10.0. The molecule has 0 amide bonds. The van der Waals surface area contributed by atoms with Gasteiger partial charge >= 0.3 is 5.97 Å². The van der Waals surface area contributed by atoms with Gasteiger partial charge < -0.3 is 9.84 Å². The molecule has 0 fully saturated rings. The Morgan fingerprint density at radius 2 is 2.21 bits per heavy atom. The maximum absolute atomic E-state index is 11.4. The van der Waals surface area contributed by atoms with Crippen LogP contribution in [0.15, 0.2) is 42.5 Å². The fraction of sp³-hybridized carbons (Fsp3) is 0.188. The minimum Gasteiger partial charge on any atom is -0.507 e. The van der Waals surface area contributed by atoms with Crippen LogP contribution in [0.5, 0.6) is 5.75 Å². The van der Waals surface area contributed by atoms with Gasteiger partial charge in [0.2, 0.25) is 0 Å². The Hall–Kier alpha value is -2.29. The second-order valence-electron chi connectivity index (χ2n) is 4.13. The molecule has 1 N–H and O–H groups in total. The molecule has 0 atom stereocenters. The van der Waals surface area contributed by atoms with Crippen LogP contribution in [0.4, 0.5) is 0 Å². The molecule has 0 aliphatic heterocycles. The molecule has 0 aromatic heterocycles. The summed E-state index contributed by atoms with van der Waals surface area (Å²) in [6, 6.07) is 15.4. The van der Waals surface area contributed by atoms with Gasteiger partial charge in [-0.25, -0.2) is 0 Å². The molecule has 19 heavy (non-hydrogen) atoms. The predicted molar refractivity (Wildman–Crippen MR) is 72.7 cm³/mol. The van der Waals surface area contributed by atoms with Crippen molar-refractivity contribution >= 4 is 5.97 Å². The quantitative estimate of drug-likeness (QED) is 0.854. The normalized spacial score (nSPS) is 10.2. The third kappa shape index (κ3) is 3.35. The topological polar surface area (TPSA) is 46.5 Å². The van der Waals surface area contributed by atoms with Crippen molar-refractivity contribution in [2.45, 2.75) is 13.3 Å². The number of benzene rings is 2. The van der Waals surface area contributed by atoms with Crippen molar-refractivity contribution in [2.24, 2.45) is 0 Å². The van der Waals surface area contributed by atoms with Crippen molar-refractivity contribution in [3.63, 3.8) is 0 Å². The number of aromatic hydroxyl groups is 1. The first-order valence-corrected chi connectivity index (χ1v) is 6.14. The Bertz CT molecular complexity index is 576. The number of hydrogen-bond acceptors (Lipinski definition) is 3. The molecule has 97 valence electrons. The first kappa shape index (κ1) is 13.1. The van der Waals surface area contributed by atoms with Crippen molar-refractivity contribution in [1.82, 2.24) is 0 Å². The van der Waals surface area contributed by atoms with E-state index in [9.17, 15) is 9.90 Å². The lowest BCUT2D eigenvalue weighted by Gasteiger charge is -2.07. The number of carbonyl (C=O) groups excluding carboxylic acids is 1. The molecular formula is C16H15O3. The van der Waals surface area contributed by atoms with Crippen molar-refractivity contribution in [2.75, 3.05) is 6.61 Å². The van der Waals surface area contributed by atoms with Gasteiger partial charge in [0.1, 0.15) is 5.75 Å². The minimum absolute atomic E-state index is 0.201. The Balaban J connectivity index is 2.25. The summed E-state index contributed by atoms with van der Waals surface area (Å²) in [5.41, 5.74) is 2.42. The average Bonchev–Trinajstić information content (AvgIpc) is 2.40. The summed E-state index contributed by atoms with van der Waals surface area (Å²) in [5, 5.41) is 9.81. The van der Waals surface area contributed by atoms with Crippen LogP contribution >= 0.6 is 0 Å². The summed E-state index contributed by atoms with van der Waals surface area (Å²) in [5.74, 6) is -0.0458. The first-order valence-electron chi connectivity index (χ1n) is 6.14. The molecule has 2 aromatic carbocycles. The standard InChI is InChI=1S/C16H15O3/c1-2-19-16(18)11-12-6-5-7-13(10-12)14-8-3-4-9-15(14)17/h4-10,17H,2,11H2,1H3. The van der Waals surface area contributed by atoms with Gasteiger partial charge in [0, 0.05) is 5.56 Å². The molecule has 0 bridgehead atoms. The SMILES string of the molecule is CCOC(=O)Cc1cccc(-c2c[c]ccc2O)c1. The summed E-state index contributed by atoms with van der Waals surface area (Å²) >= 11 is 0. The smallest absolute Gasteiger partial charge is 0.310 e. The Morgan fingerprint density at radius 3 is 2.95 bits per heavy atom. The van der Waals surface area contributed by atoms with E-state index in [2.05, 4.69) is 6.07 Å². The van der Waals surface area contributed by atoms with E-state index < -0.39 is 0 Å². The van der Waals surface area contributed by atoms with Crippen molar-refractivity contribution in [1.29, 1.82) is 0 Å². The summed E-state index contributed by atoms with van der Waals surface area (Å²) in [4.78, 5) is 11.4. The van der Waals surface area contributed by atoms with E-state index in [1.54, 1.807) is 25.1 Å². The zero-order chi connectivity index (χ0) is 13.7. The second kappa shape index (κ2) is 6.05. The summed E-state index contributed by atoms with van der Waals surface area (Å²) in [6.45, 7) is 2.17. The van der Waals surface area contributed by atoms with Crippen LogP contribution in [-0.4, -0.2) is 17.7 Å². The lowest BCUT2D eigenvalue weighted by molar-refractivity contribution is -0.142. The fourth-order valence-corrected chi connectivity index (χ4v) is 1.88. The number of hydrogen-bond donors (Lipinski definition) is 1. The van der Waals surface area contributed by atoms with Gasteiger partial charge in [-0.05, 0) is 36.2 Å². The van der Waals surface area contributed by atoms with E-state index in [-0.39, 0.29) is 18.1 Å². The van der Waals surface area contributed by atoms with Crippen molar-refractivity contribution in [3.05, 3.63) is 54.1 Å². The zero-order valence-electron chi connectivity index (χ0n) is 10.7. The molecule has 0 heterocycles. The lowest BCUT2D eigenvalue weighted by Crippen LogP contribution is -2.07. The fourth-order valence-electron chi connectivity index (χ4n) is 1.88. The van der Waals surface area contributed by atoms with Gasteiger partial charge in [-0.1, -0.05) is 30.3 Å². The van der Waals surface area contributed by atoms with Crippen LogP contribution < -0.4 is 0 Å². The number of esters is 1. The second-order valence-corrected chi connectivity index (χ2v) is 4.13. The molecule has 2 aromatic rings. The molecule has 3 nitrogen and oxygen atoms in total. The van der Waals surface area contributed by atoms with Gasteiger partial charge in [0.05, 0.1) is 13.0 Å². The molecular weight excluding hydrogens is 240 g/mol. The van der Waals surface area contributed by atoms with Crippen LogP contribution in [0.25, 0.3) is 11.1 Å². The average molecular weight is 255 g/mol. The Kier molecular flexibility index (Phi) is 4.18. The number of rotatable bonds is 4. The molecule has 0 aliphatic rings. The highest BCUT2D eigenvalue weighted by Gasteiger charge is 2.07. The third-order valence-electron chi connectivity index (χ3n) is 2.73. The van der Waals surface area contributed by atoms with Gasteiger partial charge in [0.25, 0.3) is 0 Å². The van der Waals surface area contributed by atoms with Crippen LogP contribution in [0.1, 0.15) is 12.5 Å². The van der Waals surface area contributed by atoms with Gasteiger partial charge in [-0.3, -0.25) is 4.79 Å². The van der Waals surface area contributed by atoms with Crippen molar-refractivity contribution in [3.8, 4) is 16.9 Å². The molecule has 3 heteroatoms. The molecule has 0 spiro atoms. The largest absolute Gasteiger partial charge is 0.507 e. The molecule has 2 rings (SSSR count). The van der Waals surface area contributed by atoms with Gasteiger partial charge in [0.15, 0.2) is 0 Å². The van der Waals surface area contributed by atoms with Crippen LogP contribution in [0.2, 0.25) is 0 Å². The summed E-state index contributed by atoms with van der Waals surface area (Å²) in [6.07, 6.45) is 0.235. The molecule has 0 unspecified atom stereocenters. The number of phenols is 1. The van der Waals surface area contributed by atoms with E-state index in [4.69, 9.17) is 4.74 Å². The Labute approximate surface area is 112 Å². The molecule has 0 saturated heterocycles. The van der Waals surface area contributed by atoms with E-state index in [1.807, 2.05) is 24.3 Å². The predicted octanol–water partition coefficient (Wildman–Crippen LogP) is 2.96. The highest BCUT2D eigenvalue weighted by atomic mass is 16.5. The van der Waals surface area contributed by atoms with E-state index in [1.165, 1.54) is 0 Å². The minimum atomic E-state index is -0.247. The van der Waals surface area contributed by atoms with Crippen LogP contribution in [0, 0.1) is 6.07 Å². The van der Waals surface area contributed by atoms with Crippen LogP contribution in [-0.2, 0) is 16.0 Å². The summed E-state index contributed by atoms with van der Waals surface area (Å²) < 4.78 is 4.92. The number of carbonyl (C=O) groups is 1. The maximum Gasteiger partial charge on any atom is 0.310 e. The van der Waals surface area contributed by atoms with Crippen LogP contribution in [0.3, 0.4) is 0 Å². The molecule has 0 saturated carbocycles. The number of ether oxygens (including phenoxy) is 1. The maximum atomic E-state index is 11.4. The van der Waals surface area contributed by atoms with E-state index in [0.29, 0.717) is 12.2 Å². The monoisotopic (exact) mass is 255 g/mol. The zero-order valence-corrected chi connectivity index (χ0v) is 10.7. The summed E-state index contributed by atoms with van der Waals surface area (Å²) in [7, 11) is 0. The highest BCUT2D eigenvalue weighted by molar-refractivity contribution is 5.75. The van der Waals surface area contributed by atoms with Gasteiger partial charge in [-0.15, -0.1) is 0 Å². The van der Waals surface area contributed by atoms with Crippen molar-refractivity contribution < 1.29 is 14.6 Å². The molecule has 1 radical (unpaired) electrons. The highest BCUT2D eigenvalue weighted by Crippen LogP contribution is 2.28.